The lowest BCUT2D eigenvalue weighted by Gasteiger charge is -2.34. The number of allylic oxidation sites excluding steroid dienone is 9. The molecule has 0 amide bonds. The first-order valence-corrected chi connectivity index (χ1v) is 23.9. The minimum atomic E-state index is -0.476. The summed E-state index contributed by atoms with van der Waals surface area (Å²) in [6.45, 7) is 21.3. The van der Waals surface area contributed by atoms with Gasteiger partial charge in [-0.15, -0.1) is 0 Å². The van der Waals surface area contributed by atoms with E-state index >= 15 is 0 Å². The van der Waals surface area contributed by atoms with Gasteiger partial charge in [-0.05, 0) is 137 Å². The molecule has 9 rings (SSSR count). The third kappa shape index (κ3) is 8.97. The van der Waals surface area contributed by atoms with Crippen LogP contribution < -0.4 is 5.32 Å². The maximum Gasteiger partial charge on any atom is 0.0714 e. The molecule has 67 heavy (non-hydrogen) atoms. The average Bonchev–Trinajstić information content (AvgIpc) is 3.82. The van der Waals surface area contributed by atoms with E-state index in [1.54, 1.807) is 0 Å². The Kier molecular flexibility index (Phi) is 14.3. The minimum absolute atomic E-state index is 0.476. The fourth-order valence-electron chi connectivity index (χ4n) is 10.3. The van der Waals surface area contributed by atoms with E-state index in [9.17, 15) is 0 Å². The predicted octanol–water partition coefficient (Wildman–Crippen LogP) is 17.4. The predicted molar refractivity (Wildman–Crippen MR) is 293 cm³/mol. The highest BCUT2D eigenvalue weighted by atomic mass is 15.0. The third-order valence-corrected chi connectivity index (χ3v) is 13.5. The SMILES string of the molecule is C/C=C\C(=C/C)Nc1ccc2c3c(n(C)c2c1)CCC=C3.C=Cc1c(-c2ccc(C/C=C\C=C/C(=C)CCC)c(C)c2)cc2c(c1C=C)-c1ccccc1C2(c1ccccc1)c1ccccc1. The van der Waals surface area contributed by atoms with Gasteiger partial charge in [0, 0.05) is 35.1 Å². The van der Waals surface area contributed by atoms with Gasteiger partial charge in [0.25, 0.3) is 0 Å². The number of rotatable bonds is 14. The van der Waals surface area contributed by atoms with Crippen molar-refractivity contribution >= 4 is 34.8 Å². The van der Waals surface area contributed by atoms with E-state index in [1.165, 1.54) is 83.4 Å². The molecule has 0 fully saturated rings. The highest BCUT2D eigenvalue weighted by Crippen LogP contribution is 2.58. The van der Waals surface area contributed by atoms with Crippen molar-refractivity contribution < 1.29 is 0 Å². The Morgan fingerprint density at radius 1 is 0.761 bits per heavy atom. The molecule has 0 radical (unpaired) electrons. The highest BCUT2D eigenvalue weighted by Gasteiger charge is 2.47. The van der Waals surface area contributed by atoms with Crippen LogP contribution in [0.3, 0.4) is 0 Å². The summed E-state index contributed by atoms with van der Waals surface area (Å²) in [6, 6.07) is 46.8. The van der Waals surface area contributed by atoms with Crippen molar-refractivity contribution in [1.29, 1.82) is 0 Å². The van der Waals surface area contributed by atoms with Crippen LogP contribution >= 0.6 is 0 Å². The van der Waals surface area contributed by atoms with Gasteiger partial charge in [-0.2, -0.15) is 0 Å². The van der Waals surface area contributed by atoms with E-state index in [2.05, 4.69) is 227 Å². The fraction of sp³-hybridized carbons (Fsp3) is 0.169. The number of nitrogens with one attached hydrogen (secondary N) is 1. The fourth-order valence-corrected chi connectivity index (χ4v) is 10.3. The Bertz CT molecular complexity index is 3060. The molecule has 0 unspecified atom stereocenters. The molecule has 0 saturated carbocycles. The van der Waals surface area contributed by atoms with Crippen LogP contribution in [0.15, 0.2) is 207 Å². The van der Waals surface area contributed by atoms with Gasteiger partial charge >= 0.3 is 0 Å². The first-order chi connectivity index (χ1) is 32.8. The van der Waals surface area contributed by atoms with Gasteiger partial charge < -0.3 is 9.88 Å². The highest BCUT2D eigenvalue weighted by molar-refractivity contribution is 5.98. The molecule has 0 spiro atoms. The zero-order chi connectivity index (χ0) is 46.9. The molecule has 6 aromatic carbocycles. The molecule has 7 aromatic rings. The molecule has 0 bridgehead atoms. The molecule has 0 saturated heterocycles. The lowest BCUT2D eigenvalue weighted by Crippen LogP contribution is -2.28. The Morgan fingerprint density at radius 3 is 2.15 bits per heavy atom. The molecule has 0 atom stereocenters. The van der Waals surface area contributed by atoms with Crippen molar-refractivity contribution in [3.05, 3.63) is 263 Å². The van der Waals surface area contributed by atoms with E-state index in [-0.39, 0.29) is 0 Å². The average molecular weight is 873 g/mol. The molecule has 0 aliphatic heterocycles. The molecule has 1 N–H and O–H groups in total. The second kappa shape index (κ2) is 20.8. The second-order valence-electron chi connectivity index (χ2n) is 17.6. The first-order valence-electron chi connectivity index (χ1n) is 23.9. The van der Waals surface area contributed by atoms with Crippen LogP contribution in [0, 0.1) is 6.92 Å². The van der Waals surface area contributed by atoms with Crippen LogP contribution in [-0.2, 0) is 25.3 Å². The summed E-state index contributed by atoms with van der Waals surface area (Å²) in [7, 11) is 2.17. The smallest absolute Gasteiger partial charge is 0.0714 e. The standard InChI is InChI=1S/C46H42.C19H22N2/c1-6-20-33(4)21-12-9-13-22-35-29-30-36(31-34(35)5)42-32-44-45(40(8-3)39(42)7-2)41-27-18-19-28-43(41)46(44,37-23-14-10-15-24-37)38-25-16-11-17-26-38;1-4-8-14(5-2)20-15-11-12-17-16-9-6-7-10-18(16)21(3)19(17)13-15/h7-19,21,23-32H,2-4,6,20,22H2,1,5H3;4-6,8-9,11-13,20H,7,10H2,1-3H3/b13-9-,21-12-;8-4-,14-5+. The summed E-state index contributed by atoms with van der Waals surface area (Å²) in [4.78, 5) is 0. The Morgan fingerprint density at radius 2 is 1.48 bits per heavy atom. The van der Waals surface area contributed by atoms with E-state index < -0.39 is 5.41 Å². The zero-order valence-electron chi connectivity index (χ0n) is 40.1. The van der Waals surface area contributed by atoms with E-state index in [4.69, 9.17) is 0 Å². The zero-order valence-corrected chi connectivity index (χ0v) is 40.1. The van der Waals surface area contributed by atoms with Crippen molar-refractivity contribution in [2.24, 2.45) is 7.05 Å². The van der Waals surface area contributed by atoms with Crippen molar-refractivity contribution in [2.45, 2.75) is 65.2 Å². The third-order valence-electron chi connectivity index (χ3n) is 13.5. The van der Waals surface area contributed by atoms with Gasteiger partial charge in [-0.1, -0.05) is 209 Å². The number of nitrogens with zero attached hydrogens (tertiary/aromatic N) is 1. The quantitative estimate of drug-likeness (QED) is 0.108. The van der Waals surface area contributed by atoms with Crippen LogP contribution in [0.25, 0.3) is 51.4 Å². The van der Waals surface area contributed by atoms with Gasteiger partial charge in [-0.3, -0.25) is 0 Å². The molecule has 2 aliphatic rings. The summed E-state index contributed by atoms with van der Waals surface area (Å²) in [5, 5.41) is 4.82. The lowest BCUT2D eigenvalue weighted by atomic mass is 9.67. The van der Waals surface area contributed by atoms with Crippen molar-refractivity contribution in [2.75, 3.05) is 5.32 Å². The molecule has 2 nitrogen and oxygen atoms in total. The van der Waals surface area contributed by atoms with Gasteiger partial charge in [0.15, 0.2) is 0 Å². The monoisotopic (exact) mass is 873 g/mol. The minimum Gasteiger partial charge on any atom is -0.356 e. The Labute approximate surface area is 400 Å². The van der Waals surface area contributed by atoms with Crippen LogP contribution in [0.4, 0.5) is 5.69 Å². The number of fused-ring (bicyclic) bond motifs is 6. The molecular weight excluding hydrogens is 809 g/mol. The summed E-state index contributed by atoms with van der Waals surface area (Å²) >= 11 is 0. The number of aromatic nitrogens is 1. The number of hydrogen-bond acceptors (Lipinski definition) is 1. The first kappa shape index (κ1) is 46.1. The Hall–Kier alpha value is -7.42. The van der Waals surface area contributed by atoms with Crippen molar-refractivity contribution in [3.8, 4) is 22.3 Å². The number of benzene rings is 6. The molecule has 1 aromatic heterocycles. The van der Waals surface area contributed by atoms with Crippen LogP contribution in [0.5, 0.6) is 0 Å². The van der Waals surface area contributed by atoms with Gasteiger partial charge in [0.2, 0.25) is 0 Å². The van der Waals surface area contributed by atoms with E-state index in [1.807, 2.05) is 32.1 Å². The second-order valence-corrected chi connectivity index (χ2v) is 17.6. The molecule has 2 heteroatoms. The lowest BCUT2D eigenvalue weighted by molar-refractivity contribution is 0.768. The molecule has 1 heterocycles. The largest absolute Gasteiger partial charge is 0.356 e. The number of aryl methyl sites for hydroxylation is 2. The normalized spacial score (nSPS) is 13.7. The van der Waals surface area contributed by atoms with Crippen LogP contribution in [0.2, 0.25) is 0 Å². The Balaban J connectivity index is 0.000000241. The number of anilines is 1. The van der Waals surface area contributed by atoms with E-state index in [0.29, 0.717) is 0 Å². The van der Waals surface area contributed by atoms with Crippen LogP contribution in [0.1, 0.15) is 95.8 Å². The maximum atomic E-state index is 4.35. The molecule has 2 aliphatic carbocycles. The molecular formula is C65H64N2. The molecule has 334 valence electrons. The van der Waals surface area contributed by atoms with Crippen LogP contribution in [-0.4, -0.2) is 4.57 Å². The summed E-state index contributed by atoms with van der Waals surface area (Å²) < 4.78 is 2.34. The van der Waals surface area contributed by atoms with Gasteiger partial charge in [-0.25, -0.2) is 0 Å². The maximum absolute atomic E-state index is 4.35. The summed E-state index contributed by atoms with van der Waals surface area (Å²) in [6.07, 6.45) is 28.7. The van der Waals surface area contributed by atoms with E-state index in [0.717, 1.165) is 54.6 Å². The van der Waals surface area contributed by atoms with Crippen molar-refractivity contribution in [1.82, 2.24) is 4.57 Å². The topological polar surface area (TPSA) is 17.0 Å². The number of hydrogen-bond donors (Lipinski definition) is 1. The van der Waals surface area contributed by atoms with Gasteiger partial charge in [0.05, 0.1) is 10.9 Å². The van der Waals surface area contributed by atoms with Crippen molar-refractivity contribution in [3.63, 3.8) is 0 Å². The summed E-state index contributed by atoms with van der Waals surface area (Å²) in [5.74, 6) is 0. The van der Waals surface area contributed by atoms with Gasteiger partial charge in [0.1, 0.15) is 0 Å². The summed E-state index contributed by atoms with van der Waals surface area (Å²) in [5.41, 5.74) is 21.9.